The average molecular weight is 196 g/mol. The van der Waals surface area contributed by atoms with Gasteiger partial charge in [-0.1, -0.05) is 55.4 Å². The molecule has 0 spiro atoms. The molecular weight excluding hydrogens is 168 g/mol. The third kappa shape index (κ3) is 1.51. The lowest BCUT2D eigenvalue weighted by Crippen LogP contribution is -2.51. The van der Waals surface area contributed by atoms with Gasteiger partial charge in [0.1, 0.15) is 0 Å². The van der Waals surface area contributed by atoms with Crippen molar-refractivity contribution in [3.8, 4) is 0 Å². The van der Waals surface area contributed by atoms with Gasteiger partial charge < -0.3 is 0 Å². The summed E-state index contributed by atoms with van der Waals surface area (Å²) in [5.74, 6) is 1.63. The monoisotopic (exact) mass is 196 g/mol. The van der Waals surface area contributed by atoms with Gasteiger partial charge >= 0.3 is 0 Å². The summed E-state index contributed by atoms with van der Waals surface area (Å²) in [5.41, 5.74) is 1.42. The van der Waals surface area contributed by atoms with E-state index in [1.54, 1.807) is 0 Å². The highest BCUT2D eigenvalue weighted by Crippen LogP contribution is 2.60. The third-order valence-electron chi connectivity index (χ3n) is 5.76. The van der Waals surface area contributed by atoms with Gasteiger partial charge in [-0.15, -0.1) is 0 Å². The zero-order valence-electron chi connectivity index (χ0n) is 11.4. The Morgan fingerprint density at radius 3 is 1.64 bits per heavy atom. The lowest BCUT2D eigenvalue weighted by Gasteiger charge is -2.59. The van der Waals surface area contributed by atoms with Crippen molar-refractivity contribution in [2.45, 2.75) is 61.8 Å². The Bertz CT molecular complexity index is 220. The minimum atomic E-state index is 0.460. The minimum Gasteiger partial charge on any atom is -0.0617 e. The van der Waals surface area contributed by atoms with Crippen LogP contribution in [0.1, 0.15) is 61.8 Å². The molecule has 0 aliphatic heterocycles. The predicted octanol–water partition coefficient (Wildman–Crippen LogP) is 4.74. The van der Waals surface area contributed by atoms with E-state index in [1.165, 1.54) is 6.42 Å². The van der Waals surface area contributed by atoms with Gasteiger partial charge in [-0.3, -0.25) is 0 Å². The fraction of sp³-hybridized carbons (Fsp3) is 1.00. The van der Waals surface area contributed by atoms with Crippen LogP contribution >= 0.6 is 0 Å². The lowest BCUT2D eigenvalue weighted by molar-refractivity contribution is -0.0997. The molecule has 0 bridgehead atoms. The Morgan fingerprint density at radius 1 is 0.786 bits per heavy atom. The smallest absolute Gasteiger partial charge is 0.0274 e. The van der Waals surface area contributed by atoms with Crippen molar-refractivity contribution in [3.63, 3.8) is 0 Å². The van der Waals surface area contributed by atoms with Crippen LogP contribution in [0.5, 0.6) is 0 Å². The van der Waals surface area contributed by atoms with Gasteiger partial charge in [0.25, 0.3) is 0 Å². The van der Waals surface area contributed by atoms with Gasteiger partial charge in [-0.05, 0) is 34.5 Å². The molecule has 0 saturated heterocycles. The molecule has 0 aromatic carbocycles. The molecule has 0 nitrogen and oxygen atoms in total. The van der Waals surface area contributed by atoms with E-state index in [4.69, 9.17) is 0 Å². The van der Waals surface area contributed by atoms with E-state index in [9.17, 15) is 0 Å². The van der Waals surface area contributed by atoms with E-state index < -0.39 is 0 Å². The van der Waals surface area contributed by atoms with Crippen molar-refractivity contribution in [1.82, 2.24) is 0 Å². The summed E-state index contributed by atoms with van der Waals surface area (Å²) in [5, 5.41) is 0. The molecule has 2 unspecified atom stereocenters. The summed E-state index contributed by atoms with van der Waals surface area (Å²) in [4.78, 5) is 0. The van der Waals surface area contributed by atoms with Crippen molar-refractivity contribution < 1.29 is 0 Å². The number of hydrogen-bond acceptors (Lipinski definition) is 0. The molecule has 14 heavy (non-hydrogen) atoms. The van der Waals surface area contributed by atoms with Crippen molar-refractivity contribution in [3.05, 3.63) is 0 Å². The average Bonchev–Trinajstić information content (AvgIpc) is 1.97. The second kappa shape index (κ2) is 3.00. The van der Waals surface area contributed by atoms with Crippen LogP contribution in [-0.2, 0) is 0 Å². The van der Waals surface area contributed by atoms with Crippen molar-refractivity contribution >= 4 is 0 Å². The molecule has 0 amide bonds. The quantitative estimate of drug-likeness (QED) is 0.525. The SMILES string of the molecule is CC1C(C)C(C)(C)C(C)(C)CC1(C)C. The second-order valence-electron chi connectivity index (χ2n) is 7.35. The number of hydrogen-bond donors (Lipinski definition) is 0. The van der Waals surface area contributed by atoms with Crippen LogP contribution in [0, 0.1) is 28.1 Å². The van der Waals surface area contributed by atoms with Gasteiger partial charge in [-0.25, -0.2) is 0 Å². The molecule has 84 valence electrons. The third-order valence-corrected chi connectivity index (χ3v) is 5.76. The molecular formula is C14H28. The van der Waals surface area contributed by atoms with Gasteiger partial charge in [0, 0.05) is 0 Å². The molecule has 0 N–H and O–H groups in total. The Kier molecular flexibility index (Phi) is 2.58. The molecule has 1 aliphatic rings. The summed E-state index contributed by atoms with van der Waals surface area (Å²) in [6.07, 6.45) is 1.35. The van der Waals surface area contributed by atoms with E-state index in [0.717, 1.165) is 11.8 Å². The fourth-order valence-corrected chi connectivity index (χ4v) is 3.45. The first-order valence-electron chi connectivity index (χ1n) is 6.02. The molecule has 1 rings (SSSR count). The highest BCUT2D eigenvalue weighted by Gasteiger charge is 2.52. The highest BCUT2D eigenvalue weighted by molar-refractivity contribution is 5.01. The van der Waals surface area contributed by atoms with E-state index in [-0.39, 0.29) is 0 Å². The minimum absolute atomic E-state index is 0.460. The number of rotatable bonds is 0. The molecule has 1 aliphatic carbocycles. The van der Waals surface area contributed by atoms with Gasteiger partial charge in [0.2, 0.25) is 0 Å². The van der Waals surface area contributed by atoms with Crippen LogP contribution in [0.3, 0.4) is 0 Å². The topological polar surface area (TPSA) is 0 Å². The van der Waals surface area contributed by atoms with E-state index in [1.807, 2.05) is 0 Å². The van der Waals surface area contributed by atoms with E-state index >= 15 is 0 Å². The van der Waals surface area contributed by atoms with Crippen LogP contribution < -0.4 is 0 Å². The van der Waals surface area contributed by atoms with E-state index in [0.29, 0.717) is 16.2 Å². The maximum absolute atomic E-state index is 2.45. The lowest BCUT2D eigenvalue weighted by atomic mass is 9.46. The summed E-state index contributed by atoms with van der Waals surface area (Å²) < 4.78 is 0. The zero-order chi connectivity index (χ0) is 11.4. The molecule has 0 heterocycles. The highest BCUT2D eigenvalue weighted by atomic mass is 14.6. The van der Waals surface area contributed by atoms with Crippen molar-refractivity contribution in [1.29, 1.82) is 0 Å². The Morgan fingerprint density at radius 2 is 1.21 bits per heavy atom. The maximum atomic E-state index is 2.45. The molecule has 0 aromatic heterocycles. The van der Waals surface area contributed by atoms with Crippen LogP contribution in [0.4, 0.5) is 0 Å². The van der Waals surface area contributed by atoms with Crippen molar-refractivity contribution in [2.75, 3.05) is 0 Å². The normalized spacial score (nSPS) is 39.4. The van der Waals surface area contributed by atoms with Gasteiger partial charge in [0.05, 0.1) is 0 Å². The molecule has 2 atom stereocenters. The first kappa shape index (κ1) is 12.1. The second-order valence-corrected chi connectivity index (χ2v) is 7.35. The van der Waals surface area contributed by atoms with Crippen LogP contribution in [0.25, 0.3) is 0 Å². The molecule has 0 aromatic rings. The summed E-state index contributed by atoms with van der Waals surface area (Å²) in [6.45, 7) is 19.5. The summed E-state index contributed by atoms with van der Waals surface area (Å²) in [6, 6.07) is 0. The Balaban J connectivity index is 3.09. The molecule has 0 heteroatoms. The first-order valence-corrected chi connectivity index (χ1v) is 6.02. The first-order chi connectivity index (χ1) is 6.02. The van der Waals surface area contributed by atoms with Crippen LogP contribution in [0.15, 0.2) is 0 Å². The van der Waals surface area contributed by atoms with Crippen LogP contribution in [0.2, 0.25) is 0 Å². The zero-order valence-corrected chi connectivity index (χ0v) is 11.4. The standard InChI is InChI=1S/C14H28/c1-10-11(2)14(7,8)13(5,6)9-12(10,3)4/h10-11H,9H2,1-8H3. The summed E-state index contributed by atoms with van der Waals surface area (Å²) in [7, 11) is 0. The fourth-order valence-electron chi connectivity index (χ4n) is 3.45. The largest absolute Gasteiger partial charge is 0.0617 e. The predicted molar refractivity (Wildman–Crippen MR) is 64.3 cm³/mol. The summed E-state index contributed by atoms with van der Waals surface area (Å²) >= 11 is 0. The van der Waals surface area contributed by atoms with Gasteiger partial charge in [0.15, 0.2) is 0 Å². The molecule has 1 fully saturated rings. The van der Waals surface area contributed by atoms with E-state index in [2.05, 4.69) is 55.4 Å². The Labute approximate surface area is 90.5 Å². The Hall–Kier alpha value is 0. The van der Waals surface area contributed by atoms with Crippen LogP contribution in [-0.4, -0.2) is 0 Å². The van der Waals surface area contributed by atoms with Crippen molar-refractivity contribution in [2.24, 2.45) is 28.1 Å². The molecule has 0 radical (unpaired) electrons. The van der Waals surface area contributed by atoms with Gasteiger partial charge in [-0.2, -0.15) is 0 Å². The molecule has 1 saturated carbocycles. The maximum Gasteiger partial charge on any atom is -0.0274 e.